The molecule has 0 N–H and O–H groups in total. The van der Waals surface area contributed by atoms with Crippen LogP contribution in [-0.2, 0) is 14.6 Å². The summed E-state index contributed by atoms with van der Waals surface area (Å²) in [5, 5.41) is 0. The van der Waals surface area contributed by atoms with Crippen LogP contribution in [0.4, 0.5) is 0 Å². The van der Waals surface area contributed by atoms with Crippen molar-refractivity contribution in [3.63, 3.8) is 0 Å². The molecule has 0 saturated carbocycles. The molecular weight excluding hydrogens is 430 g/mol. The van der Waals surface area contributed by atoms with Crippen LogP contribution in [0.1, 0.15) is 64.8 Å². The number of Topliss-reactive ketones (excluding diaryl/α,β-unsaturated/α-hetero) is 1. The molecule has 1 aromatic carbocycles. The molecule has 7 nitrogen and oxygen atoms in total. The van der Waals surface area contributed by atoms with Gasteiger partial charge in [-0.05, 0) is 62.9 Å². The van der Waals surface area contributed by atoms with Crippen LogP contribution in [0.25, 0.3) is 0 Å². The molecule has 0 aliphatic carbocycles. The Morgan fingerprint density at radius 1 is 1.16 bits per heavy atom. The summed E-state index contributed by atoms with van der Waals surface area (Å²) in [7, 11) is -3.04. The van der Waals surface area contributed by atoms with Gasteiger partial charge in [0, 0.05) is 23.0 Å². The first-order chi connectivity index (χ1) is 15.1. The Morgan fingerprint density at radius 3 is 2.44 bits per heavy atom. The van der Waals surface area contributed by atoms with Gasteiger partial charge >= 0.3 is 5.97 Å². The number of rotatable bonds is 9. The average molecular weight is 462 g/mol. The highest BCUT2D eigenvalue weighted by Gasteiger charge is 2.31. The minimum atomic E-state index is -3.04. The van der Waals surface area contributed by atoms with Crippen LogP contribution in [0.5, 0.6) is 5.75 Å². The van der Waals surface area contributed by atoms with Gasteiger partial charge < -0.3 is 14.0 Å². The lowest BCUT2D eigenvalue weighted by molar-refractivity contribution is 0.0474. The third-order valence-corrected chi connectivity index (χ3v) is 7.50. The van der Waals surface area contributed by atoms with E-state index in [0.29, 0.717) is 41.5 Å². The van der Waals surface area contributed by atoms with E-state index in [1.807, 2.05) is 11.5 Å². The van der Waals surface area contributed by atoms with Crippen molar-refractivity contribution in [3.8, 4) is 5.75 Å². The Labute approximate surface area is 189 Å². The fourth-order valence-corrected chi connectivity index (χ4v) is 5.69. The van der Waals surface area contributed by atoms with Gasteiger partial charge in [-0.2, -0.15) is 0 Å². The van der Waals surface area contributed by atoms with Crippen LogP contribution in [-0.4, -0.2) is 49.5 Å². The molecule has 0 spiro atoms. The fourth-order valence-electron chi connectivity index (χ4n) is 3.99. The van der Waals surface area contributed by atoms with E-state index in [1.54, 1.807) is 37.3 Å². The maximum absolute atomic E-state index is 12.7. The highest BCUT2D eigenvalue weighted by atomic mass is 32.2. The monoisotopic (exact) mass is 461 g/mol. The maximum Gasteiger partial charge on any atom is 0.338 e. The van der Waals surface area contributed by atoms with E-state index in [2.05, 4.69) is 13.8 Å². The Morgan fingerprint density at radius 2 is 1.84 bits per heavy atom. The van der Waals surface area contributed by atoms with Crippen molar-refractivity contribution in [3.05, 3.63) is 52.8 Å². The second kappa shape index (κ2) is 9.90. The average Bonchev–Trinajstić information content (AvgIpc) is 3.23. The summed E-state index contributed by atoms with van der Waals surface area (Å²) in [5.74, 6) is 0.590. The van der Waals surface area contributed by atoms with Gasteiger partial charge in [-0.3, -0.25) is 4.79 Å². The predicted octanol–water partition coefficient (Wildman–Crippen LogP) is 3.93. The zero-order valence-electron chi connectivity index (χ0n) is 19.1. The van der Waals surface area contributed by atoms with Gasteiger partial charge in [0.2, 0.25) is 5.78 Å². The fraction of sp³-hybridized carbons (Fsp3) is 0.500. The molecule has 2 aromatic rings. The number of sulfone groups is 1. The number of carbonyl (C=O) groups is 2. The number of carbonyl (C=O) groups excluding carboxylic acids is 2. The number of nitrogens with zero attached hydrogens (tertiary/aromatic N) is 1. The quantitative estimate of drug-likeness (QED) is 0.415. The van der Waals surface area contributed by atoms with Crippen molar-refractivity contribution in [1.82, 2.24) is 4.57 Å². The van der Waals surface area contributed by atoms with Crippen molar-refractivity contribution >= 4 is 21.6 Å². The van der Waals surface area contributed by atoms with Gasteiger partial charge in [0.1, 0.15) is 5.75 Å². The molecule has 0 radical (unpaired) electrons. The Hall–Kier alpha value is -2.61. The van der Waals surface area contributed by atoms with Crippen molar-refractivity contribution in [2.75, 3.05) is 24.7 Å². The Kier molecular flexibility index (Phi) is 7.44. The standard InChI is InChI=1S/C24H31NO6S/c1-16(2)9-11-30-21-7-5-19(6-8-21)24(27)31-14-23(26)22-13-17(3)25(18(22)4)20-10-12-32(28,29)15-20/h5-8,13,16,20H,9-12,14-15H2,1-4H3. The Bertz CT molecular complexity index is 1080. The molecule has 1 aliphatic heterocycles. The van der Waals surface area contributed by atoms with Crippen molar-refractivity contribution < 1.29 is 27.5 Å². The number of aryl methyl sites for hydroxylation is 1. The van der Waals surface area contributed by atoms with Crippen LogP contribution in [0.15, 0.2) is 30.3 Å². The molecule has 1 aromatic heterocycles. The van der Waals surface area contributed by atoms with Gasteiger partial charge in [0.15, 0.2) is 16.4 Å². The van der Waals surface area contributed by atoms with Crippen molar-refractivity contribution in [2.24, 2.45) is 5.92 Å². The highest BCUT2D eigenvalue weighted by Crippen LogP contribution is 2.29. The molecule has 1 fully saturated rings. The van der Waals surface area contributed by atoms with Crippen molar-refractivity contribution in [1.29, 1.82) is 0 Å². The minimum Gasteiger partial charge on any atom is -0.494 e. The number of aromatic nitrogens is 1. The third kappa shape index (κ3) is 5.79. The number of hydrogen-bond acceptors (Lipinski definition) is 6. The number of benzene rings is 1. The number of ether oxygens (including phenoxy) is 2. The summed E-state index contributed by atoms with van der Waals surface area (Å²) in [4.78, 5) is 25.1. The van der Waals surface area contributed by atoms with Gasteiger partial charge in [0.25, 0.3) is 0 Å². The van der Waals surface area contributed by atoms with E-state index in [4.69, 9.17) is 9.47 Å². The van der Waals surface area contributed by atoms with Crippen molar-refractivity contribution in [2.45, 2.75) is 46.6 Å². The number of esters is 1. The van der Waals surface area contributed by atoms with E-state index in [0.717, 1.165) is 12.1 Å². The summed E-state index contributed by atoms with van der Waals surface area (Å²) in [6.07, 6.45) is 1.49. The predicted molar refractivity (Wildman–Crippen MR) is 122 cm³/mol. The molecule has 2 heterocycles. The van der Waals surface area contributed by atoms with E-state index in [-0.39, 0.29) is 29.9 Å². The molecule has 174 valence electrons. The van der Waals surface area contributed by atoms with Crippen LogP contribution < -0.4 is 4.74 Å². The second-order valence-electron chi connectivity index (χ2n) is 8.77. The molecule has 8 heteroatoms. The molecule has 1 saturated heterocycles. The summed E-state index contributed by atoms with van der Waals surface area (Å²) in [6, 6.07) is 8.22. The molecular formula is C24H31NO6S. The third-order valence-electron chi connectivity index (χ3n) is 5.75. The van der Waals surface area contributed by atoms with Crippen LogP contribution >= 0.6 is 0 Å². The lowest BCUT2D eigenvalue weighted by Crippen LogP contribution is -2.17. The topological polar surface area (TPSA) is 91.7 Å². The molecule has 3 rings (SSSR count). The normalized spacial score (nSPS) is 17.5. The zero-order valence-corrected chi connectivity index (χ0v) is 19.9. The largest absolute Gasteiger partial charge is 0.494 e. The molecule has 1 atom stereocenters. The van der Waals surface area contributed by atoms with E-state index in [9.17, 15) is 18.0 Å². The second-order valence-corrected chi connectivity index (χ2v) is 11.0. The lowest BCUT2D eigenvalue weighted by Gasteiger charge is -2.16. The summed E-state index contributed by atoms with van der Waals surface area (Å²) < 4.78 is 36.5. The number of hydrogen-bond donors (Lipinski definition) is 0. The smallest absolute Gasteiger partial charge is 0.338 e. The van der Waals surface area contributed by atoms with Crippen LogP contribution in [0.2, 0.25) is 0 Å². The van der Waals surface area contributed by atoms with Gasteiger partial charge in [0.05, 0.1) is 23.7 Å². The zero-order chi connectivity index (χ0) is 23.5. The maximum atomic E-state index is 12.7. The highest BCUT2D eigenvalue weighted by molar-refractivity contribution is 7.91. The molecule has 1 aliphatic rings. The molecule has 1 unspecified atom stereocenters. The first-order valence-electron chi connectivity index (χ1n) is 10.9. The Balaban J connectivity index is 1.59. The van der Waals surface area contributed by atoms with Gasteiger partial charge in [-0.1, -0.05) is 13.8 Å². The number of ketones is 1. The summed E-state index contributed by atoms with van der Waals surface area (Å²) >= 11 is 0. The molecule has 0 bridgehead atoms. The lowest BCUT2D eigenvalue weighted by atomic mass is 10.1. The molecule has 0 amide bonds. The van der Waals surface area contributed by atoms with Crippen LogP contribution in [0.3, 0.4) is 0 Å². The van der Waals surface area contributed by atoms with Crippen LogP contribution in [0, 0.1) is 19.8 Å². The first kappa shape index (κ1) is 24.0. The summed E-state index contributed by atoms with van der Waals surface area (Å²) in [6.45, 7) is 8.14. The van der Waals surface area contributed by atoms with E-state index < -0.39 is 15.8 Å². The molecule has 32 heavy (non-hydrogen) atoms. The van der Waals surface area contributed by atoms with Gasteiger partial charge in [-0.15, -0.1) is 0 Å². The first-order valence-corrected chi connectivity index (χ1v) is 12.7. The van der Waals surface area contributed by atoms with E-state index >= 15 is 0 Å². The minimum absolute atomic E-state index is 0.0865. The SMILES string of the molecule is Cc1cc(C(=O)COC(=O)c2ccc(OCCC(C)C)cc2)c(C)n1C1CCS(=O)(=O)C1. The van der Waals surface area contributed by atoms with E-state index in [1.165, 1.54) is 0 Å². The van der Waals surface area contributed by atoms with Gasteiger partial charge in [-0.25, -0.2) is 13.2 Å². The summed E-state index contributed by atoms with van der Waals surface area (Å²) in [5.41, 5.74) is 2.32.